The van der Waals surface area contributed by atoms with Crippen molar-refractivity contribution >= 4 is 6.09 Å². The minimum Gasteiger partial charge on any atom is -0.444 e. The number of ether oxygens (including phenoxy) is 2. The lowest BCUT2D eigenvalue weighted by Gasteiger charge is -2.53. The van der Waals surface area contributed by atoms with Crippen molar-refractivity contribution in [2.24, 2.45) is 0 Å². The minimum atomic E-state index is -0.454. The Kier molecular flexibility index (Phi) is 5.55. The number of nitrogens with zero attached hydrogens (tertiary/aromatic N) is 2. The van der Waals surface area contributed by atoms with E-state index >= 15 is 0 Å². The summed E-state index contributed by atoms with van der Waals surface area (Å²) in [5.74, 6) is 0. The smallest absolute Gasteiger partial charge is 0.410 e. The third-order valence-corrected chi connectivity index (χ3v) is 5.61. The van der Waals surface area contributed by atoms with Gasteiger partial charge in [0.2, 0.25) is 0 Å². The standard InChI is InChI=1S/C22H34N2O3/c1-20(2,3)27-19(25)23-13-11-22(12-14-23)16-24(21(4,5)17-26-22)15-18-9-7-6-8-10-18/h6-10H,11-17H2,1-5H3. The maximum Gasteiger partial charge on any atom is 0.410 e. The molecule has 0 bridgehead atoms. The first-order valence-corrected chi connectivity index (χ1v) is 10.00. The summed E-state index contributed by atoms with van der Waals surface area (Å²) in [5.41, 5.74) is 0.713. The van der Waals surface area contributed by atoms with Crippen molar-refractivity contribution in [1.29, 1.82) is 0 Å². The summed E-state index contributed by atoms with van der Waals surface area (Å²) in [6, 6.07) is 10.6. The van der Waals surface area contributed by atoms with E-state index < -0.39 is 5.60 Å². The van der Waals surface area contributed by atoms with Crippen LogP contribution < -0.4 is 0 Å². The molecule has 0 N–H and O–H groups in total. The first-order valence-electron chi connectivity index (χ1n) is 10.00. The largest absolute Gasteiger partial charge is 0.444 e. The van der Waals surface area contributed by atoms with Crippen molar-refractivity contribution in [2.75, 3.05) is 26.2 Å². The summed E-state index contributed by atoms with van der Waals surface area (Å²) in [5, 5.41) is 0. The summed E-state index contributed by atoms with van der Waals surface area (Å²) >= 11 is 0. The molecule has 1 amide bonds. The molecule has 0 atom stereocenters. The van der Waals surface area contributed by atoms with Crippen LogP contribution in [0.1, 0.15) is 53.0 Å². The van der Waals surface area contributed by atoms with E-state index in [4.69, 9.17) is 9.47 Å². The third-order valence-electron chi connectivity index (χ3n) is 5.61. The van der Waals surface area contributed by atoms with E-state index in [1.165, 1.54) is 5.56 Å². The summed E-state index contributed by atoms with van der Waals surface area (Å²) in [6.07, 6.45) is 1.50. The molecule has 2 aliphatic rings. The van der Waals surface area contributed by atoms with E-state index in [0.29, 0.717) is 19.7 Å². The number of carbonyl (C=O) groups excluding carboxylic acids is 1. The van der Waals surface area contributed by atoms with Gasteiger partial charge in [-0.15, -0.1) is 0 Å². The maximum atomic E-state index is 12.3. The number of hydrogen-bond acceptors (Lipinski definition) is 4. The highest BCUT2D eigenvalue weighted by Gasteiger charge is 2.46. The van der Waals surface area contributed by atoms with Gasteiger partial charge in [-0.05, 0) is 53.0 Å². The maximum absolute atomic E-state index is 12.3. The zero-order valence-electron chi connectivity index (χ0n) is 17.5. The first kappa shape index (κ1) is 20.2. The Bertz CT molecular complexity index is 643. The third kappa shape index (κ3) is 5.02. The number of rotatable bonds is 2. The predicted molar refractivity (Wildman–Crippen MR) is 107 cm³/mol. The number of carbonyl (C=O) groups is 1. The van der Waals surface area contributed by atoms with Crippen molar-refractivity contribution in [3.63, 3.8) is 0 Å². The number of piperidine rings is 1. The van der Waals surface area contributed by atoms with E-state index in [9.17, 15) is 4.79 Å². The Morgan fingerprint density at radius 1 is 1.15 bits per heavy atom. The van der Waals surface area contributed by atoms with Crippen molar-refractivity contribution in [3.05, 3.63) is 35.9 Å². The molecule has 0 aliphatic carbocycles. The monoisotopic (exact) mass is 374 g/mol. The van der Waals surface area contributed by atoms with Gasteiger partial charge in [-0.1, -0.05) is 30.3 Å². The Morgan fingerprint density at radius 2 is 1.78 bits per heavy atom. The molecule has 3 rings (SSSR count). The Balaban J connectivity index is 1.63. The molecule has 150 valence electrons. The highest BCUT2D eigenvalue weighted by Crippen LogP contribution is 2.36. The molecule has 2 saturated heterocycles. The molecule has 27 heavy (non-hydrogen) atoms. The van der Waals surface area contributed by atoms with Crippen LogP contribution >= 0.6 is 0 Å². The van der Waals surface area contributed by atoms with Crippen LogP contribution in [-0.4, -0.2) is 58.9 Å². The molecular weight excluding hydrogens is 340 g/mol. The topological polar surface area (TPSA) is 42.0 Å². The Labute approximate surface area is 163 Å². The molecule has 5 nitrogen and oxygen atoms in total. The zero-order chi connectivity index (χ0) is 19.7. The fourth-order valence-corrected chi connectivity index (χ4v) is 3.83. The predicted octanol–water partition coefficient (Wildman–Crippen LogP) is 4.07. The Hall–Kier alpha value is -1.59. The lowest BCUT2D eigenvalue weighted by atomic mass is 9.86. The molecule has 0 saturated carbocycles. The SMILES string of the molecule is CC(C)(C)OC(=O)N1CCC2(CC1)CN(Cc1ccccc1)C(C)(C)CO2. The summed E-state index contributed by atoms with van der Waals surface area (Å²) < 4.78 is 11.9. The van der Waals surface area contributed by atoms with Gasteiger partial charge in [-0.3, -0.25) is 4.90 Å². The molecule has 1 aromatic rings. The molecular formula is C22H34N2O3. The molecule has 0 aromatic heterocycles. The molecule has 2 fully saturated rings. The molecule has 0 radical (unpaired) electrons. The first-order chi connectivity index (χ1) is 12.6. The molecule has 1 aromatic carbocycles. The van der Waals surface area contributed by atoms with Crippen LogP contribution in [0.4, 0.5) is 4.79 Å². The fraction of sp³-hybridized carbons (Fsp3) is 0.682. The number of likely N-dealkylation sites (tertiary alicyclic amines) is 1. The Morgan fingerprint density at radius 3 is 2.37 bits per heavy atom. The van der Waals surface area contributed by atoms with Crippen LogP contribution in [0.15, 0.2) is 30.3 Å². The van der Waals surface area contributed by atoms with Crippen LogP contribution in [-0.2, 0) is 16.0 Å². The number of morpholine rings is 1. The zero-order valence-corrected chi connectivity index (χ0v) is 17.5. The summed E-state index contributed by atoms with van der Waals surface area (Å²) in [4.78, 5) is 16.7. The quantitative estimate of drug-likeness (QED) is 0.783. The van der Waals surface area contributed by atoms with E-state index in [1.807, 2.05) is 25.7 Å². The van der Waals surface area contributed by atoms with Gasteiger partial charge in [0.1, 0.15) is 5.60 Å². The van der Waals surface area contributed by atoms with Gasteiger partial charge in [0.05, 0.1) is 12.2 Å². The van der Waals surface area contributed by atoms with Gasteiger partial charge in [-0.25, -0.2) is 4.79 Å². The second-order valence-electron chi connectivity index (χ2n) is 9.59. The number of amides is 1. The van der Waals surface area contributed by atoms with Gasteiger partial charge in [0.25, 0.3) is 0 Å². The number of hydrogen-bond donors (Lipinski definition) is 0. The van der Waals surface area contributed by atoms with Crippen molar-refractivity contribution < 1.29 is 14.3 Å². The van der Waals surface area contributed by atoms with Crippen molar-refractivity contribution in [2.45, 2.75) is 70.7 Å². The average molecular weight is 375 g/mol. The van der Waals surface area contributed by atoms with Crippen LogP contribution in [0.2, 0.25) is 0 Å². The van der Waals surface area contributed by atoms with Gasteiger partial charge in [0.15, 0.2) is 0 Å². The van der Waals surface area contributed by atoms with Crippen LogP contribution in [0.25, 0.3) is 0 Å². The highest BCUT2D eigenvalue weighted by molar-refractivity contribution is 5.68. The van der Waals surface area contributed by atoms with E-state index in [0.717, 1.165) is 25.9 Å². The second kappa shape index (κ2) is 7.44. The molecule has 2 aliphatic heterocycles. The van der Waals surface area contributed by atoms with Gasteiger partial charge >= 0.3 is 6.09 Å². The van der Waals surface area contributed by atoms with Crippen molar-refractivity contribution in [3.8, 4) is 0 Å². The highest BCUT2D eigenvalue weighted by atomic mass is 16.6. The lowest BCUT2D eigenvalue weighted by Crippen LogP contribution is -2.63. The lowest BCUT2D eigenvalue weighted by molar-refractivity contribution is -0.180. The van der Waals surface area contributed by atoms with Crippen LogP contribution in [0, 0.1) is 0 Å². The van der Waals surface area contributed by atoms with Crippen molar-refractivity contribution in [1.82, 2.24) is 9.80 Å². The second-order valence-corrected chi connectivity index (χ2v) is 9.59. The van der Waals surface area contributed by atoms with Gasteiger partial charge in [0, 0.05) is 31.7 Å². The summed E-state index contributed by atoms with van der Waals surface area (Å²) in [6.45, 7) is 14.1. The molecule has 0 unspecified atom stereocenters. The molecule has 1 spiro atoms. The normalized spacial score (nSPS) is 22.6. The molecule has 2 heterocycles. The molecule has 5 heteroatoms. The van der Waals surface area contributed by atoms with Gasteiger partial charge < -0.3 is 14.4 Å². The van der Waals surface area contributed by atoms with Crippen LogP contribution in [0.3, 0.4) is 0 Å². The van der Waals surface area contributed by atoms with E-state index in [2.05, 4.69) is 49.1 Å². The average Bonchev–Trinajstić information content (AvgIpc) is 2.59. The van der Waals surface area contributed by atoms with Crippen LogP contribution in [0.5, 0.6) is 0 Å². The minimum absolute atomic E-state index is 0.00336. The van der Waals surface area contributed by atoms with E-state index in [-0.39, 0.29) is 17.2 Å². The van der Waals surface area contributed by atoms with Gasteiger partial charge in [-0.2, -0.15) is 0 Å². The fourth-order valence-electron chi connectivity index (χ4n) is 3.83. The van der Waals surface area contributed by atoms with E-state index in [1.54, 1.807) is 0 Å². The summed E-state index contributed by atoms with van der Waals surface area (Å²) in [7, 11) is 0. The number of benzene rings is 1.